The lowest BCUT2D eigenvalue weighted by molar-refractivity contribution is 0.245. The molecule has 1 N–H and O–H groups in total. The van der Waals surface area contributed by atoms with Crippen LogP contribution in [0.4, 0.5) is 0 Å². The molecule has 5 nitrogen and oxygen atoms in total. The van der Waals surface area contributed by atoms with Crippen molar-refractivity contribution >= 4 is 10.2 Å². The zero-order chi connectivity index (χ0) is 16.2. The van der Waals surface area contributed by atoms with Crippen molar-refractivity contribution in [2.75, 3.05) is 26.7 Å². The van der Waals surface area contributed by atoms with Crippen molar-refractivity contribution in [3.8, 4) is 0 Å². The summed E-state index contributed by atoms with van der Waals surface area (Å²) in [5.41, 5.74) is 1.17. The van der Waals surface area contributed by atoms with Crippen molar-refractivity contribution in [3.63, 3.8) is 0 Å². The highest BCUT2D eigenvalue weighted by Gasteiger charge is 2.27. The van der Waals surface area contributed by atoms with Crippen molar-refractivity contribution in [1.29, 1.82) is 0 Å². The largest absolute Gasteiger partial charge is 0.295 e. The van der Waals surface area contributed by atoms with Gasteiger partial charge in [-0.25, -0.2) is 4.72 Å². The Hall–Kier alpha value is -0.950. The number of hydrogen-bond acceptors (Lipinski definition) is 3. The first-order valence-electron chi connectivity index (χ1n) is 7.93. The van der Waals surface area contributed by atoms with E-state index in [9.17, 15) is 8.42 Å². The van der Waals surface area contributed by atoms with Crippen molar-refractivity contribution in [2.45, 2.75) is 38.8 Å². The van der Waals surface area contributed by atoms with Gasteiger partial charge in [-0.15, -0.1) is 0 Å². The molecule has 0 amide bonds. The fourth-order valence-corrected chi connectivity index (χ4v) is 3.88. The van der Waals surface area contributed by atoms with E-state index < -0.39 is 10.2 Å². The van der Waals surface area contributed by atoms with E-state index in [4.69, 9.17) is 0 Å². The minimum Gasteiger partial charge on any atom is -0.295 e. The summed E-state index contributed by atoms with van der Waals surface area (Å²) in [4.78, 5) is 2.37. The summed E-state index contributed by atoms with van der Waals surface area (Å²) in [5, 5.41) is 0. The van der Waals surface area contributed by atoms with Gasteiger partial charge in [0.1, 0.15) is 0 Å². The topological polar surface area (TPSA) is 52.7 Å². The zero-order valence-electron chi connectivity index (χ0n) is 13.7. The van der Waals surface area contributed by atoms with Gasteiger partial charge in [0, 0.05) is 25.7 Å². The van der Waals surface area contributed by atoms with Crippen LogP contribution in [0.2, 0.25) is 0 Å². The van der Waals surface area contributed by atoms with Crippen LogP contribution in [0.3, 0.4) is 0 Å². The van der Waals surface area contributed by atoms with E-state index in [-0.39, 0.29) is 12.1 Å². The molecule has 1 heterocycles. The molecule has 2 rings (SSSR count). The van der Waals surface area contributed by atoms with Crippen molar-refractivity contribution in [1.82, 2.24) is 13.9 Å². The van der Waals surface area contributed by atoms with Crippen molar-refractivity contribution < 1.29 is 8.42 Å². The van der Waals surface area contributed by atoms with Gasteiger partial charge >= 0.3 is 0 Å². The Morgan fingerprint density at radius 3 is 2.32 bits per heavy atom. The predicted molar refractivity (Wildman–Crippen MR) is 89.8 cm³/mol. The molecule has 1 aromatic carbocycles. The van der Waals surface area contributed by atoms with Gasteiger partial charge in [-0.3, -0.25) is 4.90 Å². The highest BCUT2D eigenvalue weighted by molar-refractivity contribution is 7.87. The second kappa shape index (κ2) is 7.55. The lowest BCUT2D eigenvalue weighted by Crippen LogP contribution is -2.45. The van der Waals surface area contributed by atoms with E-state index in [1.165, 1.54) is 22.7 Å². The molecule has 6 heteroatoms. The van der Waals surface area contributed by atoms with E-state index in [1.807, 2.05) is 32.0 Å². The molecular formula is C16H27N3O2S. The summed E-state index contributed by atoms with van der Waals surface area (Å²) in [7, 11) is -1.82. The van der Waals surface area contributed by atoms with Crippen LogP contribution < -0.4 is 4.72 Å². The molecule has 22 heavy (non-hydrogen) atoms. The molecule has 1 aromatic rings. The Bertz CT molecular complexity index is 554. The lowest BCUT2D eigenvalue weighted by Gasteiger charge is -2.29. The third-order valence-corrected chi connectivity index (χ3v) is 6.04. The summed E-state index contributed by atoms with van der Waals surface area (Å²) in [5.74, 6) is 0. The molecular weight excluding hydrogens is 298 g/mol. The normalized spacial score (nSPS) is 18.2. The average Bonchev–Trinajstić information content (AvgIpc) is 3.01. The summed E-state index contributed by atoms with van der Waals surface area (Å²) in [6, 6.07) is 10.2. The number of nitrogens with one attached hydrogen (secondary N) is 1. The lowest BCUT2D eigenvalue weighted by atomic mass is 10.1. The molecule has 0 spiro atoms. The molecule has 1 saturated heterocycles. The molecule has 0 unspecified atom stereocenters. The first kappa shape index (κ1) is 17.4. The molecule has 1 atom stereocenters. The second-order valence-corrected chi connectivity index (χ2v) is 7.95. The highest BCUT2D eigenvalue weighted by Crippen LogP contribution is 2.24. The summed E-state index contributed by atoms with van der Waals surface area (Å²) in [6.07, 6.45) is 2.37. The first-order chi connectivity index (χ1) is 10.4. The van der Waals surface area contributed by atoms with Crippen LogP contribution in [0.15, 0.2) is 30.3 Å². The SMILES string of the molecule is CC(C)N(C)S(=O)(=O)NC[C@@H](c1ccccc1)N1CCCC1. The van der Waals surface area contributed by atoms with Crippen molar-refractivity contribution in [3.05, 3.63) is 35.9 Å². The maximum atomic E-state index is 12.3. The van der Waals surface area contributed by atoms with Gasteiger partial charge in [0.2, 0.25) is 0 Å². The standard InChI is InChI=1S/C16H27N3O2S/c1-14(2)18(3)22(20,21)17-13-16(19-11-7-8-12-19)15-9-5-4-6-10-15/h4-6,9-10,14,16-17H,7-8,11-13H2,1-3H3/t16-/m0/s1. The van der Waals surface area contributed by atoms with Gasteiger partial charge in [0.25, 0.3) is 10.2 Å². The van der Waals surface area contributed by atoms with Crippen LogP contribution in [-0.4, -0.2) is 50.3 Å². The number of rotatable bonds is 7. The molecule has 124 valence electrons. The van der Waals surface area contributed by atoms with Gasteiger partial charge in [-0.1, -0.05) is 30.3 Å². The van der Waals surface area contributed by atoms with E-state index in [1.54, 1.807) is 7.05 Å². The Balaban J connectivity index is 2.11. The molecule has 1 aliphatic rings. The Labute approximate surface area is 134 Å². The summed E-state index contributed by atoms with van der Waals surface area (Å²) < 4.78 is 28.8. The van der Waals surface area contributed by atoms with Gasteiger partial charge < -0.3 is 0 Å². The molecule has 0 aromatic heterocycles. The van der Waals surface area contributed by atoms with Gasteiger partial charge in [0.15, 0.2) is 0 Å². The summed E-state index contributed by atoms with van der Waals surface area (Å²) >= 11 is 0. The molecule has 0 aliphatic carbocycles. The van der Waals surface area contributed by atoms with Gasteiger partial charge in [-0.2, -0.15) is 12.7 Å². The molecule has 0 radical (unpaired) electrons. The van der Waals surface area contributed by atoms with Crippen LogP contribution >= 0.6 is 0 Å². The molecule has 1 fully saturated rings. The second-order valence-electron chi connectivity index (χ2n) is 6.13. The minimum atomic E-state index is -3.44. The number of nitrogens with zero attached hydrogens (tertiary/aromatic N) is 2. The molecule has 0 bridgehead atoms. The fourth-order valence-electron chi connectivity index (χ4n) is 2.75. The maximum absolute atomic E-state index is 12.3. The van der Waals surface area contributed by atoms with Crippen molar-refractivity contribution in [2.24, 2.45) is 0 Å². The maximum Gasteiger partial charge on any atom is 0.279 e. The highest BCUT2D eigenvalue weighted by atomic mass is 32.2. The monoisotopic (exact) mass is 325 g/mol. The van der Waals surface area contributed by atoms with Crippen LogP contribution in [0.25, 0.3) is 0 Å². The van der Waals surface area contributed by atoms with E-state index in [0.717, 1.165) is 13.1 Å². The molecule has 0 saturated carbocycles. The number of hydrogen-bond donors (Lipinski definition) is 1. The average molecular weight is 325 g/mol. The van der Waals surface area contributed by atoms with Crippen LogP contribution in [0, 0.1) is 0 Å². The zero-order valence-corrected chi connectivity index (χ0v) is 14.5. The quantitative estimate of drug-likeness (QED) is 0.834. The van der Waals surface area contributed by atoms with Gasteiger partial charge in [-0.05, 0) is 45.3 Å². The third kappa shape index (κ3) is 4.29. The van der Waals surface area contributed by atoms with Gasteiger partial charge in [0.05, 0.1) is 0 Å². The predicted octanol–water partition coefficient (Wildman–Crippen LogP) is 2.00. The van der Waals surface area contributed by atoms with Crippen LogP contribution in [0.5, 0.6) is 0 Å². The Morgan fingerprint density at radius 2 is 1.77 bits per heavy atom. The fraction of sp³-hybridized carbons (Fsp3) is 0.625. The van der Waals surface area contributed by atoms with Crippen LogP contribution in [0.1, 0.15) is 38.3 Å². The number of benzene rings is 1. The third-order valence-electron chi connectivity index (χ3n) is 4.33. The van der Waals surface area contributed by atoms with E-state index in [2.05, 4.69) is 21.8 Å². The van der Waals surface area contributed by atoms with E-state index >= 15 is 0 Å². The smallest absolute Gasteiger partial charge is 0.279 e. The summed E-state index contributed by atoms with van der Waals surface area (Å²) in [6.45, 7) is 6.20. The Morgan fingerprint density at radius 1 is 1.18 bits per heavy atom. The minimum absolute atomic E-state index is 0.0561. The Kier molecular flexibility index (Phi) is 5.97. The number of likely N-dealkylation sites (tertiary alicyclic amines) is 1. The first-order valence-corrected chi connectivity index (χ1v) is 9.37. The van der Waals surface area contributed by atoms with Crippen LogP contribution in [-0.2, 0) is 10.2 Å². The molecule has 1 aliphatic heterocycles. The van der Waals surface area contributed by atoms with E-state index in [0.29, 0.717) is 6.54 Å².